The van der Waals surface area contributed by atoms with E-state index in [1.165, 1.54) is 6.08 Å². The second kappa shape index (κ2) is 7.57. The number of methoxy groups -OCH3 is 1. The number of carbonyl (C=O) groups is 1. The summed E-state index contributed by atoms with van der Waals surface area (Å²) >= 11 is 1.58. The van der Waals surface area contributed by atoms with Gasteiger partial charge in [0.1, 0.15) is 10.8 Å². The summed E-state index contributed by atoms with van der Waals surface area (Å²) < 4.78 is 5.26. The van der Waals surface area contributed by atoms with Crippen LogP contribution in [0.25, 0.3) is 16.6 Å². The molecule has 1 aromatic heterocycles. The number of thiazole rings is 1. The second-order valence-corrected chi connectivity index (χ2v) is 5.87. The maximum absolute atomic E-state index is 12.0. The summed E-state index contributed by atoms with van der Waals surface area (Å²) in [6.07, 6.45) is 5.00. The highest BCUT2D eigenvalue weighted by molar-refractivity contribution is 7.13. The molecule has 0 radical (unpaired) electrons. The molecule has 0 fully saturated rings. The predicted octanol–water partition coefficient (Wildman–Crippen LogP) is 4.47. The molecule has 1 N–H and O–H groups in total. The maximum atomic E-state index is 12.0. The van der Waals surface area contributed by atoms with E-state index in [4.69, 9.17) is 4.74 Å². The van der Waals surface area contributed by atoms with E-state index in [2.05, 4.69) is 10.3 Å². The number of nitrogens with zero attached hydrogens (tertiary/aromatic N) is 1. The smallest absolute Gasteiger partial charge is 0.248 e. The third-order valence-corrected chi connectivity index (χ3v) is 4.21. The Labute approximate surface area is 144 Å². The number of hydrogen-bond donors (Lipinski definition) is 1. The van der Waals surface area contributed by atoms with E-state index >= 15 is 0 Å². The van der Waals surface area contributed by atoms with E-state index in [0.717, 1.165) is 27.6 Å². The van der Waals surface area contributed by atoms with Gasteiger partial charge in [-0.25, -0.2) is 4.98 Å². The van der Waals surface area contributed by atoms with Crippen LogP contribution in [-0.2, 0) is 4.79 Å². The molecule has 0 saturated heterocycles. The van der Waals surface area contributed by atoms with E-state index in [1.54, 1.807) is 30.7 Å². The Bertz CT molecular complexity index is 840. The molecule has 0 aliphatic heterocycles. The fourth-order valence-electron chi connectivity index (χ4n) is 2.22. The van der Waals surface area contributed by atoms with Crippen LogP contribution in [0, 0.1) is 0 Å². The molecule has 3 aromatic rings. The van der Waals surface area contributed by atoms with E-state index in [0.29, 0.717) is 0 Å². The number of para-hydroxylation sites is 1. The third kappa shape index (κ3) is 3.88. The largest absolute Gasteiger partial charge is 0.496 e. The molecule has 1 heterocycles. The monoisotopic (exact) mass is 336 g/mol. The second-order valence-electron chi connectivity index (χ2n) is 4.98. The Balaban J connectivity index is 1.65. The molecule has 0 atom stereocenters. The molecule has 0 unspecified atom stereocenters. The van der Waals surface area contributed by atoms with E-state index < -0.39 is 0 Å². The molecule has 0 saturated carbocycles. The molecule has 2 aromatic carbocycles. The van der Waals surface area contributed by atoms with Crippen molar-refractivity contribution < 1.29 is 9.53 Å². The van der Waals surface area contributed by atoms with Crippen molar-refractivity contribution in [2.45, 2.75) is 0 Å². The highest BCUT2D eigenvalue weighted by atomic mass is 32.1. The van der Waals surface area contributed by atoms with Gasteiger partial charge in [-0.15, -0.1) is 11.3 Å². The van der Waals surface area contributed by atoms with Crippen molar-refractivity contribution in [3.8, 4) is 16.3 Å². The van der Waals surface area contributed by atoms with E-state index in [9.17, 15) is 4.79 Å². The maximum Gasteiger partial charge on any atom is 0.248 e. The number of ether oxygens (including phenoxy) is 1. The molecule has 0 aliphatic carbocycles. The van der Waals surface area contributed by atoms with Gasteiger partial charge in [0, 0.05) is 34.5 Å². The van der Waals surface area contributed by atoms with Crippen molar-refractivity contribution >= 4 is 29.0 Å². The first-order chi connectivity index (χ1) is 11.8. The summed E-state index contributed by atoms with van der Waals surface area (Å²) in [6.45, 7) is 0. The lowest BCUT2D eigenvalue weighted by molar-refractivity contribution is -0.111. The summed E-state index contributed by atoms with van der Waals surface area (Å²) in [5.41, 5.74) is 2.63. The molecule has 0 bridgehead atoms. The summed E-state index contributed by atoms with van der Waals surface area (Å²) in [5.74, 6) is 0.539. The Morgan fingerprint density at radius 1 is 1.17 bits per heavy atom. The van der Waals surface area contributed by atoms with Crippen molar-refractivity contribution in [3.63, 3.8) is 0 Å². The topological polar surface area (TPSA) is 51.2 Å². The number of aromatic nitrogens is 1. The molecular formula is C19H16N2O2S. The summed E-state index contributed by atoms with van der Waals surface area (Å²) in [6, 6.07) is 15.2. The number of anilines is 1. The van der Waals surface area contributed by atoms with Gasteiger partial charge in [-0.05, 0) is 36.4 Å². The van der Waals surface area contributed by atoms with Crippen LogP contribution in [0.4, 0.5) is 5.69 Å². The molecule has 3 rings (SSSR count). The van der Waals surface area contributed by atoms with Crippen LogP contribution in [0.5, 0.6) is 5.75 Å². The minimum Gasteiger partial charge on any atom is -0.496 e. The molecule has 4 nitrogen and oxygen atoms in total. The summed E-state index contributed by atoms with van der Waals surface area (Å²) in [7, 11) is 1.61. The lowest BCUT2D eigenvalue weighted by atomic mass is 10.2. The average molecular weight is 336 g/mol. The van der Waals surface area contributed by atoms with Gasteiger partial charge in [0.25, 0.3) is 0 Å². The quantitative estimate of drug-likeness (QED) is 0.699. The van der Waals surface area contributed by atoms with Crippen LogP contribution in [0.15, 0.2) is 66.2 Å². The fraction of sp³-hybridized carbons (Fsp3) is 0.0526. The van der Waals surface area contributed by atoms with Gasteiger partial charge in [0.2, 0.25) is 5.91 Å². The zero-order valence-corrected chi connectivity index (χ0v) is 13.9. The van der Waals surface area contributed by atoms with Crippen LogP contribution in [-0.4, -0.2) is 18.0 Å². The van der Waals surface area contributed by atoms with Gasteiger partial charge in [-0.1, -0.05) is 18.2 Å². The molecule has 0 aliphatic rings. The van der Waals surface area contributed by atoms with Gasteiger partial charge in [-0.2, -0.15) is 0 Å². The van der Waals surface area contributed by atoms with E-state index in [1.807, 2.05) is 53.9 Å². The van der Waals surface area contributed by atoms with Crippen molar-refractivity contribution in [3.05, 3.63) is 71.7 Å². The summed E-state index contributed by atoms with van der Waals surface area (Å²) in [4.78, 5) is 16.3. The minimum atomic E-state index is -0.192. The van der Waals surface area contributed by atoms with Gasteiger partial charge < -0.3 is 10.1 Å². The molecule has 24 heavy (non-hydrogen) atoms. The fourth-order valence-corrected chi connectivity index (χ4v) is 2.86. The highest BCUT2D eigenvalue weighted by Crippen LogP contribution is 2.23. The van der Waals surface area contributed by atoms with Crippen LogP contribution < -0.4 is 10.1 Å². The van der Waals surface area contributed by atoms with E-state index in [-0.39, 0.29) is 5.91 Å². The number of hydrogen-bond acceptors (Lipinski definition) is 4. The number of rotatable bonds is 5. The zero-order chi connectivity index (χ0) is 16.8. The van der Waals surface area contributed by atoms with Crippen molar-refractivity contribution in [2.75, 3.05) is 12.4 Å². The number of amides is 1. The third-order valence-electron chi connectivity index (χ3n) is 3.38. The zero-order valence-electron chi connectivity index (χ0n) is 13.1. The molecule has 5 heteroatoms. The van der Waals surface area contributed by atoms with Crippen molar-refractivity contribution in [1.29, 1.82) is 0 Å². The summed E-state index contributed by atoms with van der Waals surface area (Å²) in [5, 5.41) is 5.74. The number of nitrogens with one attached hydrogen (secondary N) is 1. The molecular weight excluding hydrogens is 320 g/mol. The first kappa shape index (κ1) is 16.0. The minimum absolute atomic E-state index is 0.192. The first-order valence-electron chi connectivity index (χ1n) is 7.38. The predicted molar refractivity (Wildman–Crippen MR) is 98.2 cm³/mol. The Kier molecular flexibility index (Phi) is 5.03. The number of benzene rings is 2. The standard InChI is InChI=1S/C19H16N2O2S/c1-23-17-5-3-2-4-14(17)8-11-18(22)21-16-9-6-15(7-10-16)19-20-12-13-24-19/h2-13H,1H3,(H,21,22). The molecule has 1 amide bonds. The van der Waals surface area contributed by atoms with Crippen LogP contribution in [0.2, 0.25) is 0 Å². The van der Waals surface area contributed by atoms with Crippen molar-refractivity contribution in [2.24, 2.45) is 0 Å². The Hall–Kier alpha value is -2.92. The van der Waals surface area contributed by atoms with Gasteiger partial charge in [0.15, 0.2) is 0 Å². The molecule has 120 valence electrons. The highest BCUT2D eigenvalue weighted by Gasteiger charge is 2.03. The van der Waals surface area contributed by atoms with Gasteiger partial charge in [-0.3, -0.25) is 4.79 Å². The normalized spacial score (nSPS) is 10.7. The van der Waals surface area contributed by atoms with Crippen LogP contribution in [0.1, 0.15) is 5.56 Å². The van der Waals surface area contributed by atoms with Crippen LogP contribution >= 0.6 is 11.3 Å². The van der Waals surface area contributed by atoms with Crippen LogP contribution in [0.3, 0.4) is 0 Å². The number of carbonyl (C=O) groups excluding carboxylic acids is 1. The Morgan fingerprint density at radius 3 is 2.67 bits per heavy atom. The lowest BCUT2D eigenvalue weighted by Crippen LogP contribution is -2.07. The Morgan fingerprint density at radius 2 is 1.96 bits per heavy atom. The van der Waals surface area contributed by atoms with Gasteiger partial charge >= 0.3 is 0 Å². The molecule has 0 spiro atoms. The van der Waals surface area contributed by atoms with Gasteiger partial charge in [0.05, 0.1) is 7.11 Å². The van der Waals surface area contributed by atoms with Crippen molar-refractivity contribution in [1.82, 2.24) is 4.98 Å². The lowest BCUT2D eigenvalue weighted by Gasteiger charge is -2.05. The SMILES string of the molecule is COc1ccccc1C=CC(=O)Nc1ccc(-c2nccs2)cc1. The average Bonchev–Trinajstić information content (AvgIpc) is 3.15. The first-order valence-corrected chi connectivity index (χ1v) is 8.26.